The molecule has 2 rings (SSSR count). The molecule has 0 N–H and O–H groups in total. The fraction of sp³-hybridized carbons (Fsp3) is 0.400. The van der Waals surface area contributed by atoms with Crippen LogP contribution in [0.25, 0.3) is 0 Å². The standard InChI is InChI=1S/C10H13NO5S2.Na/c12-17(13)7-5-11(6-8-17)9-1-3-10(4-2-9)18(14,15)16;/h1-4H,5-8H2,(H,14,15,16);/q;+1/p-1. The molecule has 1 saturated heterocycles. The van der Waals surface area contributed by atoms with Crippen LogP contribution >= 0.6 is 0 Å². The Morgan fingerprint density at radius 3 is 1.95 bits per heavy atom. The van der Waals surface area contributed by atoms with E-state index in [0.29, 0.717) is 13.1 Å². The van der Waals surface area contributed by atoms with Crippen LogP contribution in [0, 0.1) is 0 Å². The maximum absolute atomic E-state index is 11.3. The summed E-state index contributed by atoms with van der Waals surface area (Å²) < 4.78 is 54.8. The van der Waals surface area contributed by atoms with E-state index in [1.54, 1.807) is 0 Å². The number of benzene rings is 1. The summed E-state index contributed by atoms with van der Waals surface area (Å²) in [5.41, 5.74) is 0.720. The van der Waals surface area contributed by atoms with Crippen LogP contribution in [0.15, 0.2) is 29.2 Å². The van der Waals surface area contributed by atoms with Gasteiger partial charge in [0.15, 0.2) is 9.84 Å². The average molecular weight is 313 g/mol. The van der Waals surface area contributed by atoms with Crippen molar-refractivity contribution in [2.75, 3.05) is 29.5 Å². The molecule has 1 aliphatic heterocycles. The van der Waals surface area contributed by atoms with Gasteiger partial charge in [-0.3, -0.25) is 0 Å². The molecule has 9 heteroatoms. The van der Waals surface area contributed by atoms with E-state index in [4.69, 9.17) is 0 Å². The second kappa shape index (κ2) is 6.11. The molecule has 1 aliphatic rings. The third-order valence-corrected chi connectivity index (χ3v) is 5.29. The number of sulfone groups is 1. The van der Waals surface area contributed by atoms with E-state index in [9.17, 15) is 21.4 Å². The first kappa shape index (κ1) is 16.9. The van der Waals surface area contributed by atoms with E-state index in [1.165, 1.54) is 24.3 Å². The van der Waals surface area contributed by atoms with Gasteiger partial charge < -0.3 is 9.45 Å². The number of hydrogen-bond acceptors (Lipinski definition) is 6. The van der Waals surface area contributed by atoms with Crippen molar-refractivity contribution in [2.45, 2.75) is 4.90 Å². The predicted octanol–water partition coefficient (Wildman–Crippen LogP) is -3.17. The molecular weight excluding hydrogens is 301 g/mol. The van der Waals surface area contributed by atoms with Gasteiger partial charge >= 0.3 is 29.6 Å². The zero-order valence-electron chi connectivity index (χ0n) is 10.4. The van der Waals surface area contributed by atoms with Crippen molar-refractivity contribution in [3.8, 4) is 0 Å². The summed E-state index contributed by atoms with van der Waals surface area (Å²) in [6, 6.07) is 5.51. The second-order valence-electron chi connectivity index (χ2n) is 4.09. The van der Waals surface area contributed by atoms with Crippen LogP contribution < -0.4 is 34.5 Å². The van der Waals surface area contributed by atoms with Crippen LogP contribution in [0.4, 0.5) is 5.69 Å². The molecule has 100 valence electrons. The van der Waals surface area contributed by atoms with Gasteiger partial charge in [0.25, 0.3) is 0 Å². The van der Waals surface area contributed by atoms with Crippen LogP contribution in [0.1, 0.15) is 0 Å². The van der Waals surface area contributed by atoms with Gasteiger partial charge in [-0.15, -0.1) is 0 Å². The Morgan fingerprint density at radius 2 is 1.53 bits per heavy atom. The van der Waals surface area contributed by atoms with Crippen LogP contribution in [-0.2, 0) is 20.0 Å². The first-order valence-corrected chi connectivity index (χ1v) is 8.52. The maximum atomic E-state index is 11.3. The van der Waals surface area contributed by atoms with Crippen LogP contribution in [-0.4, -0.2) is 46.0 Å². The zero-order chi connectivity index (χ0) is 13.4. The SMILES string of the molecule is O=S1(=O)CCN(c2ccc(S(=O)(=O)[O-])cc2)CC1.[Na+]. The Labute approximate surface area is 134 Å². The van der Waals surface area contributed by atoms with E-state index >= 15 is 0 Å². The van der Waals surface area contributed by atoms with Gasteiger partial charge in [-0.2, -0.15) is 0 Å². The summed E-state index contributed by atoms with van der Waals surface area (Å²) in [5.74, 6) is 0.184. The van der Waals surface area contributed by atoms with E-state index in [1.807, 2.05) is 4.90 Å². The summed E-state index contributed by atoms with van der Waals surface area (Å²) in [6.45, 7) is 0.762. The predicted molar refractivity (Wildman–Crippen MR) is 65.3 cm³/mol. The van der Waals surface area contributed by atoms with Crippen molar-refractivity contribution in [1.29, 1.82) is 0 Å². The summed E-state index contributed by atoms with van der Waals surface area (Å²) >= 11 is 0. The van der Waals surface area contributed by atoms with Crippen LogP contribution in [0.5, 0.6) is 0 Å². The van der Waals surface area contributed by atoms with Gasteiger partial charge in [0.1, 0.15) is 10.1 Å². The van der Waals surface area contributed by atoms with Gasteiger partial charge in [-0.25, -0.2) is 16.8 Å². The summed E-state index contributed by atoms with van der Waals surface area (Å²) in [5, 5.41) is 0. The number of nitrogens with zero attached hydrogens (tertiary/aromatic N) is 1. The molecule has 6 nitrogen and oxygen atoms in total. The van der Waals surface area contributed by atoms with Gasteiger partial charge in [0, 0.05) is 18.8 Å². The molecule has 1 fully saturated rings. The van der Waals surface area contributed by atoms with Crippen molar-refractivity contribution in [3.05, 3.63) is 24.3 Å². The van der Waals surface area contributed by atoms with Gasteiger partial charge in [-0.05, 0) is 24.3 Å². The summed E-state index contributed by atoms with van der Waals surface area (Å²) in [7, 11) is -7.38. The van der Waals surface area contributed by atoms with Crippen molar-refractivity contribution < 1.29 is 50.9 Å². The van der Waals surface area contributed by atoms with E-state index in [2.05, 4.69) is 0 Å². The van der Waals surface area contributed by atoms with Crippen molar-refractivity contribution in [1.82, 2.24) is 0 Å². The fourth-order valence-electron chi connectivity index (χ4n) is 1.79. The second-order valence-corrected chi connectivity index (χ2v) is 7.77. The molecule has 0 unspecified atom stereocenters. The smallest absolute Gasteiger partial charge is 0.744 e. The number of rotatable bonds is 2. The third kappa shape index (κ3) is 4.44. The minimum absolute atomic E-state index is 0. The third-order valence-electron chi connectivity index (χ3n) is 2.83. The van der Waals surface area contributed by atoms with Gasteiger partial charge in [0.2, 0.25) is 0 Å². The maximum Gasteiger partial charge on any atom is 1.00 e. The topological polar surface area (TPSA) is 94.6 Å². The molecule has 1 aromatic carbocycles. The number of anilines is 1. The molecule has 1 aromatic rings. The Hall–Kier alpha value is -0.120. The number of hydrogen-bond donors (Lipinski definition) is 0. The van der Waals surface area contributed by atoms with E-state index in [-0.39, 0.29) is 46.0 Å². The van der Waals surface area contributed by atoms with Crippen LogP contribution in [0.3, 0.4) is 0 Å². The summed E-state index contributed by atoms with van der Waals surface area (Å²) in [6.07, 6.45) is 0. The molecule has 19 heavy (non-hydrogen) atoms. The molecule has 0 bridgehead atoms. The zero-order valence-corrected chi connectivity index (χ0v) is 14.1. The van der Waals surface area contributed by atoms with Gasteiger partial charge in [0.05, 0.1) is 16.4 Å². The molecule has 0 atom stereocenters. The molecule has 0 radical (unpaired) electrons. The Bertz CT molecular complexity index is 625. The minimum Gasteiger partial charge on any atom is -0.744 e. The molecule has 1 heterocycles. The van der Waals surface area contributed by atoms with Crippen molar-refractivity contribution >= 4 is 25.6 Å². The summed E-state index contributed by atoms with van der Waals surface area (Å²) in [4.78, 5) is 1.57. The monoisotopic (exact) mass is 313 g/mol. The van der Waals surface area contributed by atoms with Crippen LogP contribution in [0.2, 0.25) is 0 Å². The van der Waals surface area contributed by atoms with Crippen molar-refractivity contribution in [2.24, 2.45) is 0 Å². The molecule has 0 aromatic heterocycles. The Morgan fingerprint density at radius 1 is 1.05 bits per heavy atom. The van der Waals surface area contributed by atoms with E-state index < -0.39 is 20.0 Å². The molecule has 0 aliphatic carbocycles. The quantitative estimate of drug-likeness (QED) is 0.422. The van der Waals surface area contributed by atoms with Crippen molar-refractivity contribution in [3.63, 3.8) is 0 Å². The molecule has 0 amide bonds. The molecular formula is C10H12NNaO5S2. The average Bonchev–Trinajstić information content (AvgIpc) is 2.28. The first-order valence-electron chi connectivity index (χ1n) is 5.29. The normalized spacial score (nSPS) is 18.7. The first-order chi connectivity index (χ1) is 8.28. The molecule has 0 saturated carbocycles. The van der Waals surface area contributed by atoms with E-state index in [0.717, 1.165) is 5.69 Å². The Balaban J connectivity index is 0.00000180. The van der Waals surface area contributed by atoms with Gasteiger partial charge in [-0.1, -0.05) is 0 Å². The largest absolute Gasteiger partial charge is 1.00 e. The molecule has 0 spiro atoms. The Kier molecular flexibility index (Phi) is 5.44. The minimum atomic E-state index is -4.43. The fourth-order valence-corrected chi connectivity index (χ4v) is 3.46.